The van der Waals surface area contributed by atoms with Crippen LogP contribution in [0.4, 0.5) is 4.39 Å². The van der Waals surface area contributed by atoms with Crippen LogP contribution >= 0.6 is 11.8 Å². The summed E-state index contributed by atoms with van der Waals surface area (Å²) in [7, 11) is 0. The molecule has 1 nitrogen and oxygen atoms in total. The third-order valence-corrected chi connectivity index (χ3v) is 4.59. The largest absolute Gasteiger partial charge is 0.326 e. The van der Waals surface area contributed by atoms with Gasteiger partial charge in [0.15, 0.2) is 0 Å². The van der Waals surface area contributed by atoms with Crippen LogP contribution in [0.3, 0.4) is 0 Å². The van der Waals surface area contributed by atoms with E-state index >= 15 is 0 Å². The number of rotatable bonds is 8. The van der Waals surface area contributed by atoms with E-state index in [1.54, 1.807) is 12.1 Å². The third-order valence-electron chi connectivity index (χ3n) is 3.08. The van der Waals surface area contributed by atoms with Crippen molar-refractivity contribution in [3.63, 3.8) is 0 Å². The molecule has 0 radical (unpaired) electrons. The van der Waals surface area contributed by atoms with E-state index in [2.05, 4.69) is 13.8 Å². The van der Waals surface area contributed by atoms with E-state index < -0.39 is 0 Å². The van der Waals surface area contributed by atoms with Crippen molar-refractivity contribution in [2.45, 2.75) is 50.8 Å². The van der Waals surface area contributed by atoms with Gasteiger partial charge in [-0.15, -0.1) is 0 Å². The lowest BCUT2D eigenvalue weighted by Crippen LogP contribution is -2.26. The topological polar surface area (TPSA) is 26.0 Å². The quantitative estimate of drug-likeness (QED) is 0.702. The normalized spacial score (nSPS) is 14.4. The van der Waals surface area contributed by atoms with E-state index in [9.17, 15) is 4.39 Å². The molecular formula is C15H24FNS. The summed E-state index contributed by atoms with van der Waals surface area (Å²) in [5.41, 5.74) is 7.19. The van der Waals surface area contributed by atoms with E-state index in [0.29, 0.717) is 0 Å². The van der Waals surface area contributed by atoms with Crippen LogP contribution in [-0.2, 0) is 0 Å². The molecule has 0 amide bonds. The highest BCUT2D eigenvalue weighted by molar-refractivity contribution is 7.99. The summed E-state index contributed by atoms with van der Waals surface area (Å²) >= 11 is 1.86. The second-order valence-corrected chi connectivity index (χ2v) is 5.88. The first kappa shape index (κ1) is 15.5. The molecule has 0 aromatic heterocycles. The molecular weight excluding hydrogens is 245 g/mol. The Morgan fingerprint density at radius 2 is 2.06 bits per heavy atom. The monoisotopic (exact) mass is 269 g/mol. The van der Waals surface area contributed by atoms with Gasteiger partial charge >= 0.3 is 0 Å². The van der Waals surface area contributed by atoms with Gasteiger partial charge in [0.1, 0.15) is 5.82 Å². The number of hydrogen-bond donors (Lipinski definition) is 1. The van der Waals surface area contributed by atoms with Crippen molar-refractivity contribution in [1.82, 2.24) is 0 Å². The van der Waals surface area contributed by atoms with Crippen LogP contribution in [0.5, 0.6) is 0 Å². The first-order chi connectivity index (χ1) is 8.69. The number of nitrogens with two attached hydrogens (primary N) is 1. The molecule has 0 bridgehead atoms. The maximum absolute atomic E-state index is 13.3. The van der Waals surface area contributed by atoms with E-state index in [4.69, 9.17) is 5.73 Å². The van der Waals surface area contributed by atoms with Gasteiger partial charge in [0.25, 0.3) is 0 Å². The number of halogens is 1. The number of benzene rings is 1. The highest BCUT2D eigenvalue weighted by Gasteiger charge is 2.19. The van der Waals surface area contributed by atoms with Gasteiger partial charge in [0, 0.05) is 11.3 Å². The second kappa shape index (κ2) is 8.54. The summed E-state index contributed by atoms with van der Waals surface area (Å²) in [6.45, 7) is 4.29. The number of thioether (sulfide) groups is 1. The predicted molar refractivity (Wildman–Crippen MR) is 79.4 cm³/mol. The Bertz CT molecular complexity index is 343. The molecule has 0 aliphatic heterocycles. The number of hydrogen-bond acceptors (Lipinski definition) is 2. The van der Waals surface area contributed by atoms with E-state index in [1.165, 1.54) is 25.3 Å². The van der Waals surface area contributed by atoms with Crippen LogP contribution in [0.15, 0.2) is 24.3 Å². The van der Waals surface area contributed by atoms with Crippen molar-refractivity contribution < 1.29 is 4.39 Å². The fraction of sp³-hybridized carbons (Fsp3) is 0.600. The zero-order valence-electron chi connectivity index (χ0n) is 11.4. The molecule has 1 rings (SSSR count). The van der Waals surface area contributed by atoms with Crippen molar-refractivity contribution in [2.24, 2.45) is 5.73 Å². The lowest BCUT2D eigenvalue weighted by atomic mass is 10.0. The molecule has 102 valence electrons. The average molecular weight is 269 g/mol. The van der Waals surface area contributed by atoms with E-state index in [1.807, 2.05) is 17.8 Å². The van der Waals surface area contributed by atoms with Gasteiger partial charge in [0.2, 0.25) is 0 Å². The summed E-state index contributed by atoms with van der Waals surface area (Å²) < 4.78 is 13.3. The smallest absolute Gasteiger partial charge is 0.123 e. The van der Waals surface area contributed by atoms with Gasteiger partial charge in [-0.1, -0.05) is 38.8 Å². The van der Waals surface area contributed by atoms with Crippen LogP contribution < -0.4 is 5.73 Å². The Hall–Kier alpha value is -0.540. The fourth-order valence-electron chi connectivity index (χ4n) is 1.93. The minimum Gasteiger partial charge on any atom is -0.326 e. The second-order valence-electron chi connectivity index (χ2n) is 4.63. The summed E-state index contributed by atoms with van der Waals surface area (Å²) in [5.74, 6) is 0.929. The third kappa shape index (κ3) is 4.99. The molecule has 2 atom stereocenters. The maximum atomic E-state index is 13.3. The molecule has 1 aromatic carbocycles. The minimum absolute atomic E-state index is 0.0958. The van der Waals surface area contributed by atoms with Crippen molar-refractivity contribution in [3.05, 3.63) is 35.6 Å². The minimum atomic E-state index is -0.171. The van der Waals surface area contributed by atoms with Crippen LogP contribution in [0, 0.1) is 5.82 Å². The van der Waals surface area contributed by atoms with Gasteiger partial charge in [0.05, 0.1) is 0 Å². The molecule has 3 heteroatoms. The molecule has 0 aliphatic carbocycles. The van der Waals surface area contributed by atoms with E-state index in [0.717, 1.165) is 17.7 Å². The van der Waals surface area contributed by atoms with E-state index in [-0.39, 0.29) is 17.1 Å². The Morgan fingerprint density at radius 3 is 2.67 bits per heavy atom. The van der Waals surface area contributed by atoms with Crippen molar-refractivity contribution in [3.8, 4) is 0 Å². The SMILES string of the molecule is CCCCCSC(c1cccc(F)c1)C(N)CC. The molecule has 18 heavy (non-hydrogen) atoms. The van der Waals surface area contributed by atoms with Crippen molar-refractivity contribution in [2.75, 3.05) is 5.75 Å². The lowest BCUT2D eigenvalue weighted by Gasteiger charge is -2.23. The highest BCUT2D eigenvalue weighted by atomic mass is 32.2. The summed E-state index contributed by atoms with van der Waals surface area (Å²) in [6.07, 6.45) is 4.61. The Balaban J connectivity index is 2.66. The Kier molecular flexibility index (Phi) is 7.36. The molecule has 2 unspecified atom stereocenters. The van der Waals surface area contributed by atoms with Gasteiger partial charge in [-0.2, -0.15) is 11.8 Å². The first-order valence-electron chi connectivity index (χ1n) is 6.81. The molecule has 0 fully saturated rings. The molecule has 0 saturated heterocycles. The van der Waals surface area contributed by atoms with Gasteiger partial charge < -0.3 is 5.73 Å². The first-order valence-corrected chi connectivity index (χ1v) is 7.86. The molecule has 0 heterocycles. The summed E-state index contributed by atoms with van der Waals surface area (Å²) in [5, 5.41) is 0.211. The highest BCUT2D eigenvalue weighted by Crippen LogP contribution is 2.33. The zero-order chi connectivity index (χ0) is 13.4. The summed E-state index contributed by atoms with van der Waals surface area (Å²) in [4.78, 5) is 0. The van der Waals surface area contributed by atoms with Crippen LogP contribution in [0.1, 0.15) is 50.3 Å². The molecule has 2 N–H and O–H groups in total. The van der Waals surface area contributed by atoms with Crippen molar-refractivity contribution >= 4 is 11.8 Å². The van der Waals surface area contributed by atoms with Gasteiger partial charge in [-0.3, -0.25) is 0 Å². The molecule has 0 aliphatic rings. The zero-order valence-corrected chi connectivity index (χ0v) is 12.2. The lowest BCUT2D eigenvalue weighted by molar-refractivity contribution is 0.609. The Morgan fingerprint density at radius 1 is 1.28 bits per heavy atom. The molecule has 0 saturated carbocycles. The van der Waals surface area contributed by atoms with Crippen LogP contribution in [0.25, 0.3) is 0 Å². The Labute approximate surface area is 114 Å². The van der Waals surface area contributed by atoms with Crippen molar-refractivity contribution in [1.29, 1.82) is 0 Å². The van der Waals surface area contributed by atoms with Crippen LogP contribution in [0.2, 0.25) is 0 Å². The summed E-state index contributed by atoms with van der Waals surface area (Å²) in [6, 6.07) is 6.95. The predicted octanol–water partition coefficient (Wildman–Crippen LogP) is 4.53. The maximum Gasteiger partial charge on any atom is 0.123 e. The fourth-order valence-corrected chi connectivity index (χ4v) is 3.33. The molecule has 1 aromatic rings. The molecule has 0 spiro atoms. The number of unbranched alkanes of at least 4 members (excludes halogenated alkanes) is 2. The van der Waals surface area contributed by atoms with Gasteiger partial charge in [-0.05, 0) is 36.3 Å². The standard InChI is InChI=1S/C15H24FNS/c1-3-5-6-10-18-15(14(17)4-2)12-8-7-9-13(16)11-12/h7-9,11,14-15H,3-6,10,17H2,1-2H3. The average Bonchev–Trinajstić information content (AvgIpc) is 2.38. The van der Waals surface area contributed by atoms with Crippen LogP contribution in [-0.4, -0.2) is 11.8 Å². The van der Waals surface area contributed by atoms with Gasteiger partial charge in [-0.25, -0.2) is 4.39 Å².